The van der Waals surface area contributed by atoms with Crippen LogP contribution in [0.15, 0.2) is 24.3 Å². The maximum Gasteiger partial charge on any atom is 0.0444 e. The average Bonchev–Trinajstić information content (AvgIpc) is 2.34. The number of hydrogen-bond acceptors (Lipinski definition) is 3. The lowest BCUT2D eigenvalue weighted by atomic mass is 9.86. The van der Waals surface area contributed by atoms with Gasteiger partial charge in [0.05, 0.1) is 0 Å². The third-order valence-corrected chi connectivity index (χ3v) is 3.14. The Labute approximate surface area is 110 Å². The summed E-state index contributed by atoms with van der Waals surface area (Å²) in [6.45, 7) is 8.21. The van der Waals surface area contributed by atoms with Crippen molar-refractivity contribution in [2.45, 2.75) is 38.6 Å². The summed E-state index contributed by atoms with van der Waals surface area (Å²) in [5.41, 5.74) is 8.51. The molecule has 1 unspecified atom stereocenters. The second-order valence-electron chi connectivity index (χ2n) is 5.69. The molecule has 0 heterocycles. The van der Waals surface area contributed by atoms with Crippen molar-refractivity contribution in [3.05, 3.63) is 35.4 Å². The fourth-order valence-electron chi connectivity index (χ4n) is 1.91. The van der Waals surface area contributed by atoms with Crippen molar-refractivity contribution in [2.75, 3.05) is 19.7 Å². The van der Waals surface area contributed by atoms with E-state index in [0.29, 0.717) is 6.54 Å². The first kappa shape index (κ1) is 15.2. The van der Waals surface area contributed by atoms with Crippen LogP contribution in [0.3, 0.4) is 0 Å². The highest BCUT2D eigenvalue weighted by Gasteiger charge is 2.14. The molecule has 0 aromatic heterocycles. The molecular weight excluding hydrogens is 224 g/mol. The second-order valence-corrected chi connectivity index (χ2v) is 5.69. The largest absolute Gasteiger partial charge is 0.396 e. The maximum absolute atomic E-state index is 8.78. The third kappa shape index (κ3) is 4.41. The van der Waals surface area contributed by atoms with E-state index in [1.54, 1.807) is 0 Å². The van der Waals surface area contributed by atoms with Crippen LogP contribution in [0.4, 0.5) is 0 Å². The van der Waals surface area contributed by atoms with Gasteiger partial charge in [-0.05, 0) is 29.5 Å². The van der Waals surface area contributed by atoms with Crippen molar-refractivity contribution >= 4 is 0 Å². The van der Waals surface area contributed by atoms with Gasteiger partial charge in [0.2, 0.25) is 0 Å². The third-order valence-electron chi connectivity index (χ3n) is 3.14. The highest BCUT2D eigenvalue weighted by Crippen LogP contribution is 2.23. The molecule has 1 aromatic rings. The molecule has 3 nitrogen and oxygen atoms in total. The summed E-state index contributed by atoms with van der Waals surface area (Å²) >= 11 is 0. The quantitative estimate of drug-likeness (QED) is 0.676. The van der Waals surface area contributed by atoms with E-state index in [4.69, 9.17) is 10.8 Å². The topological polar surface area (TPSA) is 58.3 Å². The lowest BCUT2D eigenvalue weighted by molar-refractivity contribution is 0.283. The van der Waals surface area contributed by atoms with Gasteiger partial charge in [-0.2, -0.15) is 0 Å². The lowest BCUT2D eigenvalue weighted by Gasteiger charge is -2.21. The molecule has 18 heavy (non-hydrogen) atoms. The molecule has 0 saturated carbocycles. The summed E-state index contributed by atoms with van der Waals surface area (Å²) < 4.78 is 0. The van der Waals surface area contributed by atoms with E-state index in [0.717, 1.165) is 13.0 Å². The number of nitrogens with two attached hydrogens (primary N) is 1. The van der Waals surface area contributed by atoms with Gasteiger partial charge in [0.25, 0.3) is 0 Å². The van der Waals surface area contributed by atoms with E-state index >= 15 is 0 Å². The monoisotopic (exact) mass is 250 g/mol. The summed E-state index contributed by atoms with van der Waals surface area (Å²) in [6.07, 6.45) is 0.760. The normalized spacial score (nSPS) is 13.6. The van der Waals surface area contributed by atoms with Crippen molar-refractivity contribution in [1.29, 1.82) is 0 Å². The Balaban J connectivity index is 2.69. The molecule has 1 rings (SSSR count). The Kier molecular flexibility index (Phi) is 5.79. The number of hydrogen-bond donors (Lipinski definition) is 3. The van der Waals surface area contributed by atoms with Crippen LogP contribution >= 0.6 is 0 Å². The molecule has 102 valence electrons. The van der Waals surface area contributed by atoms with Gasteiger partial charge in [-0.3, -0.25) is 0 Å². The average molecular weight is 250 g/mol. The molecule has 0 aliphatic heterocycles. The smallest absolute Gasteiger partial charge is 0.0444 e. The van der Waals surface area contributed by atoms with Crippen molar-refractivity contribution in [2.24, 2.45) is 5.73 Å². The summed E-state index contributed by atoms with van der Waals surface area (Å²) in [5, 5.41) is 12.1. The van der Waals surface area contributed by atoms with Crippen molar-refractivity contribution < 1.29 is 5.11 Å². The number of benzene rings is 1. The number of aliphatic hydroxyl groups excluding tert-OH is 1. The van der Waals surface area contributed by atoms with Crippen molar-refractivity contribution in [3.8, 4) is 0 Å². The molecule has 0 spiro atoms. The molecule has 0 amide bonds. The van der Waals surface area contributed by atoms with E-state index < -0.39 is 0 Å². The highest BCUT2D eigenvalue weighted by atomic mass is 16.3. The van der Waals surface area contributed by atoms with Crippen LogP contribution < -0.4 is 11.1 Å². The maximum atomic E-state index is 8.78. The summed E-state index contributed by atoms with van der Waals surface area (Å²) in [4.78, 5) is 0. The fourth-order valence-corrected chi connectivity index (χ4v) is 1.91. The standard InChI is InChI=1S/C15H26N2O/c1-15(2,3)13-7-5-12(6-8-13)14(11-16)17-9-4-10-18/h5-8,14,17-18H,4,9-11,16H2,1-3H3. The van der Waals surface area contributed by atoms with Crippen molar-refractivity contribution in [1.82, 2.24) is 5.32 Å². The van der Waals surface area contributed by atoms with E-state index in [1.165, 1.54) is 11.1 Å². The van der Waals surface area contributed by atoms with Gasteiger partial charge in [0, 0.05) is 19.2 Å². The van der Waals surface area contributed by atoms with Gasteiger partial charge in [-0.15, -0.1) is 0 Å². The predicted molar refractivity (Wildman–Crippen MR) is 76.6 cm³/mol. The molecular formula is C15H26N2O. The fraction of sp³-hybridized carbons (Fsp3) is 0.600. The Morgan fingerprint density at radius 3 is 2.28 bits per heavy atom. The molecule has 0 bridgehead atoms. The van der Waals surface area contributed by atoms with Gasteiger partial charge in [-0.1, -0.05) is 45.0 Å². The Bertz CT molecular complexity index is 341. The molecule has 1 aromatic carbocycles. The van der Waals surface area contributed by atoms with E-state index in [2.05, 4.69) is 50.4 Å². The van der Waals surface area contributed by atoms with Crippen LogP contribution in [0.5, 0.6) is 0 Å². The first-order chi connectivity index (χ1) is 8.49. The van der Waals surface area contributed by atoms with Gasteiger partial charge in [-0.25, -0.2) is 0 Å². The molecule has 4 N–H and O–H groups in total. The predicted octanol–water partition coefficient (Wildman–Crippen LogP) is 1.96. The highest BCUT2D eigenvalue weighted by molar-refractivity contribution is 5.29. The molecule has 0 radical (unpaired) electrons. The van der Waals surface area contributed by atoms with Crippen LogP contribution in [0, 0.1) is 0 Å². The molecule has 0 aliphatic rings. The SMILES string of the molecule is CC(C)(C)c1ccc(C(CN)NCCCO)cc1. The molecule has 3 heteroatoms. The minimum absolute atomic E-state index is 0.172. The first-order valence-electron chi connectivity index (χ1n) is 6.63. The second kappa shape index (κ2) is 6.88. The van der Waals surface area contributed by atoms with E-state index in [9.17, 15) is 0 Å². The molecule has 0 fully saturated rings. The number of aliphatic hydroxyl groups is 1. The molecule has 1 atom stereocenters. The van der Waals surface area contributed by atoms with Crippen LogP contribution in [-0.4, -0.2) is 24.8 Å². The summed E-state index contributed by atoms with van der Waals surface area (Å²) in [6, 6.07) is 8.80. The number of nitrogens with one attached hydrogen (secondary N) is 1. The zero-order valence-corrected chi connectivity index (χ0v) is 11.7. The van der Waals surface area contributed by atoms with Crippen LogP contribution in [0.25, 0.3) is 0 Å². The summed E-state index contributed by atoms with van der Waals surface area (Å²) in [7, 11) is 0. The number of rotatable bonds is 6. The Hall–Kier alpha value is -0.900. The zero-order chi connectivity index (χ0) is 13.6. The Morgan fingerprint density at radius 1 is 1.22 bits per heavy atom. The minimum Gasteiger partial charge on any atom is -0.396 e. The van der Waals surface area contributed by atoms with Gasteiger partial charge >= 0.3 is 0 Å². The van der Waals surface area contributed by atoms with E-state index in [1.807, 2.05) is 0 Å². The van der Waals surface area contributed by atoms with Gasteiger partial charge in [0.15, 0.2) is 0 Å². The van der Waals surface area contributed by atoms with Crippen LogP contribution in [0.1, 0.15) is 44.4 Å². The van der Waals surface area contributed by atoms with Crippen LogP contribution in [-0.2, 0) is 5.41 Å². The Morgan fingerprint density at radius 2 is 1.83 bits per heavy atom. The lowest BCUT2D eigenvalue weighted by Crippen LogP contribution is -2.29. The first-order valence-corrected chi connectivity index (χ1v) is 6.63. The van der Waals surface area contributed by atoms with Gasteiger partial charge in [0.1, 0.15) is 0 Å². The molecule has 0 saturated heterocycles. The van der Waals surface area contributed by atoms with E-state index in [-0.39, 0.29) is 18.1 Å². The summed E-state index contributed by atoms with van der Waals surface area (Å²) in [5.74, 6) is 0. The molecule has 0 aliphatic carbocycles. The van der Waals surface area contributed by atoms with Crippen molar-refractivity contribution in [3.63, 3.8) is 0 Å². The zero-order valence-electron chi connectivity index (χ0n) is 11.7. The minimum atomic E-state index is 0.172. The van der Waals surface area contributed by atoms with Gasteiger partial charge < -0.3 is 16.2 Å². The van der Waals surface area contributed by atoms with Crippen LogP contribution in [0.2, 0.25) is 0 Å².